The lowest BCUT2D eigenvalue weighted by Gasteiger charge is -2.43. The van der Waals surface area contributed by atoms with Crippen molar-refractivity contribution in [3.8, 4) is 0 Å². The van der Waals surface area contributed by atoms with Gasteiger partial charge in [0.1, 0.15) is 12.4 Å². The van der Waals surface area contributed by atoms with Gasteiger partial charge in [0.05, 0.1) is 12.2 Å². The van der Waals surface area contributed by atoms with E-state index in [1.165, 1.54) is 64.2 Å². The van der Waals surface area contributed by atoms with Gasteiger partial charge in [-0.05, 0) is 37.4 Å². The Hall–Kier alpha value is -0.193. The van der Waals surface area contributed by atoms with Crippen molar-refractivity contribution in [2.45, 2.75) is 148 Å². The Balaban J connectivity index is 2.34. The van der Waals surface area contributed by atoms with E-state index in [0.29, 0.717) is 0 Å². The predicted octanol–water partition coefficient (Wildman–Crippen LogP) is 7.43. The third-order valence-electron chi connectivity index (χ3n) is 6.75. The molecule has 1 aliphatic rings. The average Bonchev–Trinajstić information content (AvgIpc) is 2.63. The Morgan fingerprint density at radius 1 is 0.929 bits per heavy atom. The molecular formula is C24H48O3Si. The van der Waals surface area contributed by atoms with Gasteiger partial charge >= 0.3 is 0 Å². The second kappa shape index (κ2) is 13.2. The molecule has 0 aliphatic carbocycles. The molecule has 3 atom stereocenters. The van der Waals surface area contributed by atoms with E-state index in [1.807, 2.05) is 0 Å². The standard InChI is InChI=1S/C24H48O3Si/c1-7-8-9-10-11-12-13-14-15-16-17-22-23(19-18-21(20-25)26-22)27-28(5,6)24(2,3)4/h20-23H,7-19H2,1-6H3/t21-,22-,23-/m1/s1. The van der Waals surface area contributed by atoms with Gasteiger partial charge in [-0.15, -0.1) is 0 Å². The molecule has 28 heavy (non-hydrogen) atoms. The lowest BCUT2D eigenvalue weighted by atomic mass is 9.97. The number of unbranched alkanes of at least 4 members (excludes halogenated alkanes) is 9. The molecule has 3 nitrogen and oxygen atoms in total. The van der Waals surface area contributed by atoms with Gasteiger partial charge < -0.3 is 14.0 Å². The molecule has 0 N–H and O–H groups in total. The summed E-state index contributed by atoms with van der Waals surface area (Å²) in [7, 11) is -1.81. The van der Waals surface area contributed by atoms with Crippen molar-refractivity contribution >= 4 is 14.6 Å². The van der Waals surface area contributed by atoms with Crippen molar-refractivity contribution in [1.82, 2.24) is 0 Å². The number of ether oxygens (including phenoxy) is 1. The highest BCUT2D eigenvalue weighted by molar-refractivity contribution is 6.74. The fourth-order valence-corrected chi connectivity index (χ4v) is 5.15. The van der Waals surface area contributed by atoms with Gasteiger partial charge in [0.25, 0.3) is 0 Å². The molecule has 1 rings (SSSR count). The summed E-state index contributed by atoms with van der Waals surface area (Å²) < 4.78 is 12.8. The van der Waals surface area contributed by atoms with Crippen LogP contribution in [-0.4, -0.2) is 32.9 Å². The van der Waals surface area contributed by atoms with Crippen LogP contribution in [0.3, 0.4) is 0 Å². The Morgan fingerprint density at radius 3 is 1.96 bits per heavy atom. The fourth-order valence-electron chi connectivity index (χ4n) is 3.77. The average molecular weight is 413 g/mol. The topological polar surface area (TPSA) is 35.5 Å². The summed E-state index contributed by atoms with van der Waals surface area (Å²) in [5.41, 5.74) is 0. The second-order valence-electron chi connectivity index (χ2n) is 10.3. The first-order valence-electron chi connectivity index (χ1n) is 12.0. The summed E-state index contributed by atoms with van der Waals surface area (Å²) in [6, 6.07) is 0. The maximum absolute atomic E-state index is 11.2. The molecule has 0 aromatic carbocycles. The van der Waals surface area contributed by atoms with Crippen LogP contribution in [0.5, 0.6) is 0 Å². The number of rotatable bonds is 14. The van der Waals surface area contributed by atoms with Crippen LogP contribution in [0.4, 0.5) is 0 Å². The number of aldehydes is 1. The second-order valence-corrected chi connectivity index (χ2v) is 15.1. The summed E-state index contributed by atoms with van der Waals surface area (Å²) in [5.74, 6) is 0. The van der Waals surface area contributed by atoms with Crippen LogP contribution in [0.15, 0.2) is 0 Å². The molecule has 0 radical (unpaired) electrons. The monoisotopic (exact) mass is 412 g/mol. The van der Waals surface area contributed by atoms with Crippen molar-refractivity contribution in [1.29, 1.82) is 0 Å². The lowest BCUT2D eigenvalue weighted by molar-refractivity contribution is -0.140. The van der Waals surface area contributed by atoms with E-state index < -0.39 is 8.32 Å². The Morgan fingerprint density at radius 2 is 1.46 bits per heavy atom. The molecular weight excluding hydrogens is 364 g/mol. The number of carbonyl (C=O) groups excluding carboxylic acids is 1. The van der Waals surface area contributed by atoms with Gasteiger partial charge in [-0.25, -0.2) is 0 Å². The van der Waals surface area contributed by atoms with E-state index in [1.54, 1.807) is 0 Å². The first kappa shape index (κ1) is 25.8. The molecule has 0 spiro atoms. The maximum Gasteiger partial charge on any atom is 0.192 e. The third-order valence-corrected chi connectivity index (χ3v) is 11.3. The molecule has 0 aromatic heterocycles. The van der Waals surface area contributed by atoms with E-state index in [0.717, 1.165) is 25.5 Å². The summed E-state index contributed by atoms with van der Waals surface area (Å²) in [6.07, 6.45) is 17.2. The summed E-state index contributed by atoms with van der Waals surface area (Å²) in [5, 5.41) is 0.205. The van der Waals surface area contributed by atoms with Crippen molar-refractivity contribution in [2.75, 3.05) is 0 Å². The van der Waals surface area contributed by atoms with Crippen LogP contribution < -0.4 is 0 Å². The first-order valence-corrected chi connectivity index (χ1v) is 14.9. The van der Waals surface area contributed by atoms with Crippen molar-refractivity contribution in [3.05, 3.63) is 0 Å². The molecule has 0 bridgehead atoms. The number of hydrogen-bond acceptors (Lipinski definition) is 3. The molecule has 4 heteroatoms. The molecule has 1 saturated heterocycles. The molecule has 166 valence electrons. The minimum Gasteiger partial charge on any atom is -0.411 e. The van der Waals surface area contributed by atoms with Gasteiger partial charge in [-0.1, -0.05) is 91.9 Å². The SMILES string of the molecule is CCCCCCCCCCCC[C@H]1O[C@@H](C=O)CC[C@H]1O[Si](C)(C)C(C)(C)C. The normalized spacial score (nSPS) is 23.7. The van der Waals surface area contributed by atoms with E-state index >= 15 is 0 Å². The molecule has 1 fully saturated rings. The van der Waals surface area contributed by atoms with Gasteiger partial charge in [-0.3, -0.25) is 0 Å². The van der Waals surface area contributed by atoms with E-state index in [-0.39, 0.29) is 23.4 Å². The minimum atomic E-state index is -1.81. The van der Waals surface area contributed by atoms with Crippen molar-refractivity contribution in [2.24, 2.45) is 0 Å². The van der Waals surface area contributed by atoms with Gasteiger partial charge in [0.15, 0.2) is 8.32 Å². The molecule has 1 aliphatic heterocycles. The largest absolute Gasteiger partial charge is 0.411 e. The molecule has 0 saturated carbocycles. The molecule has 0 aromatic rings. The Bertz CT molecular complexity index is 417. The summed E-state index contributed by atoms with van der Waals surface area (Å²) >= 11 is 0. The van der Waals surface area contributed by atoms with E-state index in [2.05, 4.69) is 40.8 Å². The zero-order chi connectivity index (χ0) is 21.0. The highest BCUT2D eigenvalue weighted by atomic mass is 28.4. The van der Waals surface area contributed by atoms with E-state index in [4.69, 9.17) is 9.16 Å². The van der Waals surface area contributed by atoms with Crippen molar-refractivity contribution < 1.29 is 14.0 Å². The van der Waals surface area contributed by atoms with Crippen LogP contribution in [-0.2, 0) is 14.0 Å². The summed E-state index contributed by atoms with van der Waals surface area (Å²) in [6.45, 7) is 13.8. The number of carbonyl (C=O) groups is 1. The summed E-state index contributed by atoms with van der Waals surface area (Å²) in [4.78, 5) is 11.2. The third kappa shape index (κ3) is 9.54. The fraction of sp³-hybridized carbons (Fsp3) is 0.958. The van der Waals surface area contributed by atoms with Crippen LogP contribution in [0.1, 0.15) is 111 Å². The Labute approximate surface area is 176 Å². The zero-order valence-electron chi connectivity index (χ0n) is 19.7. The molecule has 0 amide bonds. The maximum atomic E-state index is 11.2. The van der Waals surface area contributed by atoms with Gasteiger partial charge in [0.2, 0.25) is 0 Å². The van der Waals surface area contributed by atoms with Crippen LogP contribution in [0.25, 0.3) is 0 Å². The van der Waals surface area contributed by atoms with Gasteiger partial charge in [-0.2, -0.15) is 0 Å². The van der Waals surface area contributed by atoms with E-state index in [9.17, 15) is 4.79 Å². The predicted molar refractivity (Wildman–Crippen MR) is 122 cm³/mol. The van der Waals surface area contributed by atoms with Crippen LogP contribution >= 0.6 is 0 Å². The van der Waals surface area contributed by atoms with Crippen LogP contribution in [0, 0.1) is 0 Å². The molecule has 1 heterocycles. The first-order chi connectivity index (χ1) is 13.2. The van der Waals surface area contributed by atoms with Gasteiger partial charge in [0, 0.05) is 0 Å². The Kier molecular flexibility index (Phi) is 12.2. The van der Waals surface area contributed by atoms with Crippen molar-refractivity contribution in [3.63, 3.8) is 0 Å². The zero-order valence-corrected chi connectivity index (χ0v) is 20.7. The smallest absolute Gasteiger partial charge is 0.192 e. The van der Waals surface area contributed by atoms with Crippen LogP contribution in [0.2, 0.25) is 18.1 Å². The lowest BCUT2D eigenvalue weighted by Crippen LogP contribution is -2.50. The highest BCUT2D eigenvalue weighted by Gasteiger charge is 2.42. The molecule has 0 unspecified atom stereocenters. The quantitative estimate of drug-likeness (QED) is 0.169. The highest BCUT2D eigenvalue weighted by Crippen LogP contribution is 2.39. The number of hydrogen-bond donors (Lipinski definition) is 0. The minimum absolute atomic E-state index is 0.0899.